The average molecular weight is 244 g/mol. The molecule has 0 radical (unpaired) electrons. The topological polar surface area (TPSA) is 30.5 Å². The van der Waals surface area contributed by atoms with E-state index >= 15 is 0 Å². The van der Waals surface area contributed by atoms with Gasteiger partial charge < -0.3 is 14.8 Å². The van der Waals surface area contributed by atoms with Gasteiger partial charge in [0.25, 0.3) is 0 Å². The normalized spacial score (nSPS) is 12.1. The number of benzene rings is 1. The molecule has 1 aromatic carbocycles. The summed E-state index contributed by atoms with van der Waals surface area (Å²) in [5.74, 6) is 1.36. The molecule has 0 aliphatic carbocycles. The van der Waals surface area contributed by atoms with Crippen molar-refractivity contribution >= 4 is 17.3 Å². The number of rotatable bonds is 5. The van der Waals surface area contributed by atoms with Gasteiger partial charge in [0.2, 0.25) is 0 Å². The molecule has 1 rings (SSSR count). The van der Waals surface area contributed by atoms with Gasteiger partial charge in [0.15, 0.2) is 0 Å². The Hall–Kier alpha value is -1.09. The highest BCUT2D eigenvalue weighted by Crippen LogP contribution is 2.36. The lowest BCUT2D eigenvalue weighted by Crippen LogP contribution is -2.14. The van der Waals surface area contributed by atoms with Crippen LogP contribution in [0.25, 0.3) is 0 Å². The third kappa shape index (κ3) is 2.95. The first kappa shape index (κ1) is 13.0. The highest BCUT2D eigenvalue weighted by molar-refractivity contribution is 6.32. The van der Waals surface area contributed by atoms with Crippen LogP contribution < -0.4 is 14.8 Å². The minimum Gasteiger partial charge on any atom is -0.495 e. The number of ether oxygens (including phenoxy) is 2. The van der Waals surface area contributed by atoms with Crippen LogP contribution in [0.5, 0.6) is 11.5 Å². The molecule has 0 bridgehead atoms. The largest absolute Gasteiger partial charge is 0.495 e. The summed E-state index contributed by atoms with van der Waals surface area (Å²) in [6.07, 6.45) is 1.03. The van der Waals surface area contributed by atoms with Crippen molar-refractivity contribution < 1.29 is 9.47 Å². The number of methoxy groups -OCH3 is 2. The summed E-state index contributed by atoms with van der Waals surface area (Å²) in [6.45, 7) is 4.23. The summed E-state index contributed by atoms with van der Waals surface area (Å²) >= 11 is 6.06. The Morgan fingerprint density at radius 3 is 2.38 bits per heavy atom. The number of hydrogen-bond donors (Lipinski definition) is 1. The molecule has 0 fully saturated rings. The second-order valence-corrected chi connectivity index (χ2v) is 4.05. The predicted molar refractivity (Wildman–Crippen MR) is 67.9 cm³/mol. The monoisotopic (exact) mass is 243 g/mol. The Morgan fingerprint density at radius 1 is 1.25 bits per heavy atom. The third-order valence-electron chi connectivity index (χ3n) is 2.49. The maximum Gasteiger partial charge on any atom is 0.145 e. The van der Waals surface area contributed by atoms with Crippen molar-refractivity contribution in [2.75, 3.05) is 19.5 Å². The Kier molecular flexibility index (Phi) is 4.74. The third-order valence-corrected chi connectivity index (χ3v) is 2.78. The molecule has 0 saturated carbocycles. The number of halogens is 1. The fraction of sp³-hybridized carbons (Fsp3) is 0.500. The second-order valence-electron chi connectivity index (χ2n) is 3.64. The van der Waals surface area contributed by atoms with Crippen LogP contribution in [0.4, 0.5) is 5.69 Å². The van der Waals surface area contributed by atoms with Gasteiger partial charge in [-0.05, 0) is 19.4 Å². The molecule has 0 aliphatic heterocycles. The fourth-order valence-electron chi connectivity index (χ4n) is 1.34. The fourth-order valence-corrected chi connectivity index (χ4v) is 1.58. The van der Waals surface area contributed by atoms with Crippen molar-refractivity contribution in [3.8, 4) is 11.5 Å². The highest BCUT2D eigenvalue weighted by atomic mass is 35.5. The number of nitrogens with one attached hydrogen (secondary N) is 1. The maximum atomic E-state index is 6.06. The summed E-state index contributed by atoms with van der Waals surface area (Å²) in [4.78, 5) is 0. The average Bonchev–Trinajstić information content (AvgIpc) is 2.29. The molecule has 0 spiro atoms. The maximum absolute atomic E-state index is 6.06. The molecular weight excluding hydrogens is 226 g/mol. The van der Waals surface area contributed by atoms with E-state index in [0.29, 0.717) is 16.8 Å². The molecule has 1 atom stereocenters. The minimum absolute atomic E-state index is 0.373. The van der Waals surface area contributed by atoms with Crippen molar-refractivity contribution in [2.45, 2.75) is 26.3 Å². The van der Waals surface area contributed by atoms with Gasteiger partial charge in [-0.15, -0.1) is 0 Å². The van der Waals surface area contributed by atoms with Crippen LogP contribution in [-0.2, 0) is 0 Å². The van der Waals surface area contributed by atoms with Gasteiger partial charge in [-0.1, -0.05) is 18.5 Å². The zero-order valence-corrected chi connectivity index (χ0v) is 10.9. The smallest absolute Gasteiger partial charge is 0.145 e. The molecule has 0 aliphatic rings. The Balaban J connectivity index is 3.03. The van der Waals surface area contributed by atoms with E-state index in [-0.39, 0.29) is 0 Å². The van der Waals surface area contributed by atoms with Gasteiger partial charge in [0.05, 0.1) is 24.9 Å². The van der Waals surface area contributed by atoms with E-state index in [9.17, 15) is 0 Å². The Labute approximate surface area is 102 Å². The molecule has 0 heterocycles. The van der Waals surface area contributed by atoms with Crippen molar-refractivity contribution in [1.29, 1.82) is 0 Å². The van der Waals surface area contributed by atoms with Crippen molar-refractivity contribution in [1.82, 2.24) is 0 Å². The Bertz CT molecular complexity index is 355. The lowest BCUT2D eigenvalue weighted by molar-refractivity contribution is 0.395. The molecule has 16 heavy (non-hydrogen) atoms. The van der Waals surface area contributed by atoms with E-state index in [1.165, 1.54) is 0 Å². The molecule has 0 aromatic heterocycles. The Morgan fingerprint density at radius 2 is 1.88 bits per heavy atom. The van der Waals surface area contributed by atoms with Gasteiger partial charge in [-0.25, -0.2) is 0 Å². The van der Waals surface area contributed by atoms with Crippen LogP contribution in [0.2, 0.25) is 5.02 Å². The van der Waals surface area contributed by atoms with Crippen molar-refractivity contribution in [3.63, 3.8) is 0 Å². The summed E-state index contributed by atoms with van der Waals surface area (Å²) < 4.78 is 10.4. The zero-order valence-electron chi connectivity index (χ0n) is 10.1. The first-order valence-electron chi connectivity index (χ1n) is 5.30. The van der Waals surface area contributed by atoms with E-state index in [4.69, 9.17) is 21.1 Å². The molecular formula is C12H18ClNO2. The first-order chi connectivity index (χ1) is 7.62. The molecule has 0 amide bonds. The quantitative estimate of drug-likeness (QED) is 0.858. The van der Waals surface area contributed by atoms with Crippen LogP contribution >= 0.6 is 11.6 Å². The summed E-state index contributed by atoms with van der Waals surface area (Å²) in [5.41, 5.74) is 0.891. The predicted octanol–water partition coefficient (Wildman–Crippen LogP) is 3.57. The van der Waals surface area contributed by atoms with Crippen LogP contribution in [-0.4, -0.2) is 20.3 Å². The first-order valence-corrected chi connectivity index (χ1v) is 5.68. The van der Waals surface area contributed by atoms with E-state index in [1.807, 2.05) is 6.07 Å². The lowest BCUT2D eigenvalue weighted by atomic mass is 10.2. The summed E-state index contributed by atoms with van der Waals surface area (Å²) in [7, 11) is 3.22. The van der Waals surface area contributed by atoms with E-state index in [0.717, 1.165) is 17.9 Å². The second kappa shape index (κ2) is 5.85. The van der Waals surface area contributed by atoms with Gasteiger partial charge >= 0.3 is 0 Å². The molecule has 1 unspecified atom stereocenters. The van der Waals surface area contributed by atoms with Crippen LogP contribution in [0.1, 0.15) is 20.3 Å². The van der Waals surface area contributed by atoms with Crippen molar-refractivity contribution in [3.05, 3.63) is 17.2 Å². The van der Waals surface area contributed by atoms with Gasteiger partial charge in [0.1, 0.15) is 11.5 Å². The minimum atomic E-state index is 0.373. The summed E-state index contributed by atoms with van der Waals surface area (Å²) in [5, 5.41) is 3.92. The highest BCUT2D eigenvalue weighted by Gasteiger charge is 2.11. The van der Waals surface area contributed by atoms with E-state index in [2.05, 4.69) is 19.2 Å². The van der Waals surface area contributed by atoms with Crippen LogP contribution in [0.3, 0.4) is 0 Å². The molecule has 1 aromatic rings. The number of hydrogen-bond acceptors (Lipinski definition) is 3. The summed E-state index contributed by atoms with van der Waals surface area (Å²) in [6, 6.07) is 3.98. The SMILES string of the molecule is CCC(C)Nc1cc(Cl)c(OC)cc1OC. The molecule has 90 valence electrons. The van der Waals surface area contributed by atoms with Gasteiger partial charge in [0, 0.05) is 12.1 Å². The van der Waals surface area contributed by atoms with Gasteiger partial charge in [-0.2, -0.15) is 0 Å². The molecule has 0 saturated heterocycles. The van der Waals surface area contributed by atoms with Crippen LogP contribution in [0.15, 0.2) is 12.1 Å². The molecule has 1 N–H and O–H groups in total. The van der Waals surface area contributed by atoms with Crippen LogP contribution in [0, 0.1) is 0 Å². The van der Waals surface area contributed by atoms with Gasteiger partial charge in [-0.3, -0.25) is 0 Å². The molecule has 3 nitrogen and oxygen atoms in total. The standard InChI is InChI=1S/C12H18ClNO2/c1-5-8(2)14-10-6-9(13)11(15-3)7-12(10)16-4/h6-8,14H,5H2,1-4H3. The molecule has 4 heteroatoms. The zero-order chi connectivity index (χ0) is 12.1. The lowest BCUT2D eigenvalue weighted by Gasteiger charge is -2.17. The van der Waals surface area contributed by atoms with E-state index in [1.54, 1.807) is 20.3 Å². The number of anilines is 1. The van der Waals surface area contributed by atoms with E-state index < -0.39 is 0 Å². The van der Waals surface area contributed by atoms with Crippen molar-refractivity contribution in [2.24, 2.45) is 0 Å².